The number of piperidine rings is 1. The molecule has 0 bridgehead atoms. The molecule has 2 aliphatic rings. The Balaban J connectivity index is 1.52. The Kier molecular flexibility index (Phi) is 7.07. The third-order valence-electron chi connectivity index (χ3n) is 5.90. The second kappa shape index (κ2) is 9.73. The predicted molar refractivity (Wildman–Crippen MR) is 111 cm³/mol. The molecular formula is C22H29N3O5. The molecule has 2 N–H and O–H groups in total. The van der Waals surface area contributed by atoms with E-state index < -0.39 is 5.97 Å². The molecular weight excluding hydrogens is 386 g/mol. The Bertz CT molecular complexity index is 799. The minimum absolute atomic E-state index is 0.0243. The van der Waals surface area contributed by atoms with Crippen LogP contribution in [0.2, 0.25) is 0 Å². The van der Waals surface area contributed by atoms with Gasteiger partial charge in [0, 0.05) is 43.9 Å². The van der Waals surface area contributed by atoms with Gasteiger partial charge in [0.05, 0.1) is 11.8 Å². The van der Waals surface area contributed by atoms with Crippen LogP contribution in [0.1, 0.15) is 49.4 Å². The summed E-state index contributed by atoms with van der Waals surface area (Å²) in [6, 6.07) is 6.69. The van der Waals surface area contributed by atoms with Gasteiger partial charge in [-0.25, -0.2) is 0 Å². The number of benzene rings is 1. The average molecular weight is 415 g/mol. The van der Waals surface area contributed by atoms with Crippen molar-refractivity contribution in [2.45, 2.75) is 39.0 Å². The van der Waals surface area contributed by atoms with E-state index >= 15 is 0 Å². The van der Waals surface area contributed by atoms with Gasteiger partial charge in [0.15, 0.2) is 0 Å². The van der Waals surface area contributed by atoms with Gasteiger partial charge in [-0.15, -0.1) is 0 Å². The molecule has 0 radical (unpaired) electrons. The van der Waals surface area contributed by atoms with Crippen LogP contribution in [0.25, 0.3) is 0 Å². The topological polar surface area (TPSA) is 107 Å². The molecule has 1 atom stereocenters. The van der Waals surface area contributed by atoms with E-state index in [0.29, 0.717) is 50.3 Å². The maximum Gasteiger partial charge on any atom is 0.306 e. The van der Waals surface area contributed by atoms with Gasteiger partial charge in [-0.05, 0) is 43.5 Å². The number of hydrogen-bond acceptors (Lipinski definition) is 4. The molecule has 0 aliphatic carbocycles. The molecule has 0 saturated carbocycles. The molecule has 2 saturated heterocycles. The van der Waals surface area contributed by atoms with Gasteiger partial charge < -0.3 is 20.2 Å². The van der Waals surface area contributed by atoms with E-state index in [1.54, 1.807) is 34.1 Å². The highest BCUT2D eigenvalue weighted by atomic mass is 16.4. The second-order valence-corrected chi connectivity index (χ2v) is 8.07. The second-order valence-electron chi connectivity index (χ2n) is 8.07. The van der Waals surface area contributed by atoms with Gasteiger partial charge in [0.25, 0.3) is 5.91 Å². The quantitative estimate of drug-likeness (QED) is 0.710. The largest absolute Gasteiger partial charge is 0.481 e. The Morgan fingerprint density at radius 1 is 1.10 bits per heavy atom. The van der Waals surface area contributed by atoms with Crippen molar-refractivity contribution in [3.05, 3.63) is 29.8 Å². The lowest BCUT2D eigenvalue weighted by molar-refractivity contribution is -0.143. The Morgan fingerprint density at radius 2 is 1.77 bits per heavy atom. The monoisotopic (exact) mass is 415 g/mol. The highest BCUT2D eigenvalue weighted by Gasteiger charge is 2.34. The number of carboxylic acids is 1. The number of unbranched alkanes of at least 4 members (excludes halogenated alkanes) is 1. The number of amides is 3. The summed E-state index contributed by atoms with van der Waals surface area (Å²) in [6.07, 6.45) is 3.10. The first-order chi connectivity index (χ1) is 14.4. The lowest BCUT2D eigenvalue weighted by atomic mass is 9.96. The van der Waals surface area contributed by atoms with Crippen LogP contribution in [0, 0.1) is 11.8 Å². The zero-order valence-electron chi connectivity index (χ0n) is 17.3. The molecule has 2 heterocycles. The highest BCUT2D eigenvalue weighted by Crippen LogP contribution is 2.22. The summed E-state index contributed by atoms with van der Waals surface area (Å²) < 4.78 is 0. The number of rotatable bonds is 7. The van der Waals surface area contributed by atoms with Crippen LogP contribution in [-0.4, -0.2) is 64.8 Å². The minimum atomic E-state index is -0.806. The minimum Gasteiger partial charge on any atom is -0.481 e. The van der Waals surface area contributed by atoms with E-state index in [0.717, 1.165) is 12.8 Å². The Labute approximate surface area is 176 Å². The van der Waals surface area contributed by atoms with Crippen molar-refractivity contribution in [1.82, 2.24) is 9.80 Å². The van der Waals surface area contributed by atoms with E-state index in [1.165, 1.54) is 0 Å². The number of hydrogen-bond donors (Lipinski definition) is 2. The number of aliphatic carboxylic acids is 1. The van der Waals surface area contributed by atoms with Crippen molar-refractivity contribution < 1.29 is 24.3 Å². The fourth-order valence-corrected chi connectivity index (χ4v) is 3.97. The van der Waals surface area contributed by atoms with Crippen LogP contribution in [-0.2, 0) is 14.4 Å². The van der Waals surface area contributed by atoms with Gasteiger partial charge in [-0.1, -0.05) is 13.3 Å². The SMILES string of the molecule is CCCCN1C[C@@H](C(=O)Nc2ccc(C(=O)N3CCC(C(=O)O)CC3)cc2)CC1=O. The summed E-state index contributed by atoms with van der Waals surface area (Å²) in [7, 11) is 0. The fraction of sp³-hybridized carbons (Fsp3) is 0.545. The molecule has 162 valence electrons. The standard InChI is InChI=1S/C22H29N3O5/c1-2-3-10-25-14-17(13-19(25)26)20(27)23-18-6-4-15(5-7-18)21(28)24-11-8-16(9-12-24)22(29)30/h4-7,16-17H,2-3,8-14H2,1H3,(H,23,27)(H,29,30)/t17-/m0/s1. The third-order valence-corrected chi connectivity index (χ3v) is 5.90. The maximum absolute atomic E-state index is 12.6. The number of carbonyl (C=O) groups excluding carboxylic acids is 3. The zero-order chi connectivity index (χ0) is 21.7. The van der Waals surface area contributed by atoms with Gasteiger partial charge in [0.2, 0.25) is 11.8 Å². The molecule has 0 aromatic heterocycles. The molecule has 3 amide bonds. The number of carboxylic acid groups (broad SMARTS) is 1. The van der Waals surface area contributed by atoms with Gasteiger partial charge in [-0.2, -0.15) is 0 Å². The molecule has 30 heavy (non-hydrogen) atoms. The maximum atomic E-state index is 12.6. The van der Waals surface area contributed by atoms with Crippen molar-refractivity contribution in [3.8, 4) is 0 Å². The summed E-state index contributed by atoms with van der Waals surface area (Å²) in [5.74, 6) is -1.84. The lowest BCUT2D eigenvalue weighted by Gasteiger charge is -2.30. The summed E-state index contributed by atoms with van der Waals surface area (Å²) in [6.45, 7) is 4.07. The van der Waals surface area contributed by atoms with Gasteiger partial charge in [-0.3, -0.25) is 19.2 Å². The van der Waals surface area contributed by atoms with Crippen molar-refractivity contribution in [3.63, 3.8) is 0 Å². The molecule has 8 nitrogen and oxygen atoms in total. The van der Waals surface area contributed by atoms with Crippen molar-refractivity contribution >= 4 is 29.4 Å². The first kappa shape index (κ1) is 21.8. The van der Waals surface area contributed by atoms with Crippen LogP contribution in [0.15, 0.2) is 24.3 Å². The van der Waals surface area contributed by atoms with Crippen LogP contribution in [0.3, 0.4) is 0 Å². The van der Waals surface area contributed by atoms with E-state index in [2.05, 4.69) is 12.2 Å². The number of likely N-dealkylation sites (tertiary alicyclic amines) is 2. The van der Waals surface area contributed by atoms with E-state index in [1.807, 2.05) is 0 Å². The molecule has 8 heteroatoms. The Hall–Kier alpha value is -2.90. The van der Waals surface area contributed by atoms with Gasteiger partial charge in [0.1, 0.15) is 0 Å². The first-order valence-corrected chi connectivity index (χ1v) is 10.6. The molecule has 0 spiro atoms. The van der Waals surface area contributed by atoms with Crippen molar-refractivity contribution in [2.75, 3.05) is 31.5 Å². The lowest BCUT2D eigenvalue weighted by Crippen LogP contribution is -2.40. The summed E-state index contributed by atoms with van der Waals surface area (Å²) in [5, 5.41) is 11.9. The van der Waals surface area contributed by atoms with Crippen LogP contribution >= 0.6 is 0 Å². The third kappa shape index (κ3) is 5.17. The molecule has 1 aromatic rings. The summed E-state index contributed by atoms with van der Waals surface area (Å²) in [4.78, 5) is 51.7. The van der Waals surface area contributed by atoms with Crippen molar-refractivity contribution in [2.24, 2.45) is 11.8 Å². The number of anilines is 1. The first-order valence-electron chi connectivity index (χ1n) is 10.6. The van der Waals surface area contributed by atoms with E-state index in [9.17, 15) is 19.2 Å². The average Bonchev–Trinajstić information content (AvgIpc) is 3.13. The van der Waals surface area contributed by atoms with Crippen LogP contribution < -0.4 is 5.32 Å². The van der Waals surface area contributed by atoms with Crippen LogP contribution in [0.5, 0.6) is 0 Å². The molecule has 2 fully saturated rings. The highest BCUT2D eigenvalue weighted by molar-refractivity contribution is 5.98. The van der Waals surface area contributed by atoms with E-state index in [4.69, 9.17) is 5.11 Å². The van der Waals surface area contributed by atoms with Crippen molar-refractivity contribution in [1.29, 1.82) is 0 Å². The molecule has 1 aromatic carbocycles. The Morgan fingerprint density at radius 3 is 2.37 bits per heavy atom. The summed E-state index contributed by atoms with van der Waals surface area (Å²) >= 11 is 0. The number of nitrogens with zero attached hydrogens (tertiary/aromatic N) is 2. The molecule has 3 rings (SSSR count). The fourth-order valence-electron chi connectivity index (χ4n) is 3.97. The number of carbonyl (C=O) groups is 4. The van der Waals surface area contributed by atoms with Gasteiger partial charge >= 0.3 is 5.97 Å². The predicted octanol–water partition coefficient (Wildman–Crippen LogP) is 2.21. The molecule has 2 aliphatic heterocycles. The normalized spacial score (nSPS) is 19.8. The van der Waals surface area contributed by atoms with Crippen LogP contribution in [0.4, 0.5) is 5.69 Å². The smallest absolute Gasteiger partial charge is 0.306 e. The zero-order valence-corrected chi connectivity index (χ0v) is 17.3. The molecule has 0 unspecified atom stereocenters. The summed E-state index contributed by atoms with van der Waals surface area (Å²) in [5.41, 5.74) is 1.09. The number of nitrogens with one attached hydrogen (secondary N) is 1. The van der Waals surface area contributed by atoms with E-state index in [-0.39, 0.29) is 36.0 Å².